The van der Waals surface area contributed by atoms with Gasteiger partial charge in [0.05, 0.1) is 32.5 Å². The molecule has 2 atom stereocenters. The van der Waals surface area contributed by atoms with Crippen LogP contribution in [0.3, 0.4) is 0 Å². The summed E-state index contributed by atoms with van der Waals surface area (Å²) in [6.07, 6.45) is 0. The number of ether oxygens (including phenoxy) is 2. The maximum atomic E-state index is 11.8. The van der Waals surface area contributed by atoms with Gasteiger partial charge < -0.3 is 25.2 Å². The van der Waals surface area contributed by atoms with Gasteiger partial charge in [0.15, 0.2) is 0 Å². The van der Waals surface area contributed by atoms with E-state index in [1.54, 1.807) is 6.92 Å². The minimum atomic E-state index is -1.07. The molecule has 2 saturated heterocycles. The van der Waals surface area contributed by atoms with Crippen molar-refractivity contribution in [3.05, 3.63) is 0 Å². The van der Waals surface area contributed by atoms with Crippen LogP contribution in [0.1, 0.15) is 6.92 Å². The highest BCUT2D eigenvalue weighted by atomic mass is 16.5. The molecule has 21 heavy (non-hydrogen) atoms. The van der Waals surface area contributed by atoms with Crippen LogP contribution in [-0.4, -0.2) is 80.7 Å². The molecular weight excluding hydrogens is 278 g/mol. The number of carbonyl (C=O) groups is 2. The molecule has 2 heterocycles. The van der Waals surface area contributed by atoms with Crippen molar-refractivity contribution in [2.24, 2.45) is 5.41 Å². The average molecular weight is 301 g/mol. The molecule has 2 rings (SSSR count). The molecule has 2 amide bonds. The molecule has 2 aliphatic heterocycles. The monoisotopic (exact) mass is 301 g/mol. The van der Waals surface area contributed by atoms with Gasteiger partial charge in [0.1, 0.15) is 5.41 Å². The van der Waals surface area contributed by atoms with Gasteiger partial charge in [-0.3, -0.25) is 9.69 Å². The van der Waals surface area contributed by atoms with Crippen LogP contribution in [0, 0.1) is 5.41 Å². The Balaban J connectivity index is 1.70. The first kappa shape index (κ1) is 16.0. The lowest BCUT2D eigenvalue weighted by Crippen LogP contribution is -2.53. The van der Waals surface area contributed by atoms with Crippen LogP contribution in [-0.2, 0) is 14.3 Å². The summed E-state index contributed by atoms with van der Waals surface area (Å²) < 4.78 is 10.4. The van der Waals surface area contributed by atoms with Gasteiger partial charge in [-0.1, -0.05) is 0 Å². The number of hydrogen-bond donors (Lipinski definition) is 3. The SMILES string of the molecule is CC1(C(=O)O)COCC1NC(=O)NCCN1CCOCC1. The smallest absolute Gasteiger partial charge is 0.315 e. The lowest BCUT2D eigenvalue weighted by molar-refractivity contribution is -0.148. The van der Waals surface area contributed by atoms with Gasteiger partial charge in [-0.2, -0.15) is 0 Å². The Kier molecular flexibility index (Phi) is 5.38. The van der Waals surface area contributed by atoms with E-state index < -0.39 is 17.4 Å². The predicted octanol–water partition coefficient (Wildman–Crippen LogP) is -0.892. The molecule has 3 N–H and O–H groups in total. The van der Waals surface area contributed by atoms with Crippen molar-refractivity contribution in [1.29, 1.82) is 0 Å². The molecule has 0 spiro atoms. The van der Waals surface area contributed by atoms with Gasteiger partial charge in [0.2, 0.25) is 0 Å². The maximum absolute atomic E-state index is 11.8. The van der Waals surface area contributed by atoms with Crippen LogP contribution in [0.15, 0.2) is 0 Å². The fourth-order valence-electron chi connectivity index (χ4n) is 2.45. The topological polar surface area (TPSA) is 100 Å². The Hall–Kier alpha value is -1.38. The summed E-state index contributed by atoms with van der Waals surface area (Å²) in [5.74, 6) is -0.960. The van der Waals surface area contributed by atoms with Gasteiger partial charge in [0.25, 0.3) is 0 Å². The van der Waals surface area contributed by atoms with Crippen LogP contribution in [0.5, 0.6) is 0 Å². The summed E-state index contributed by atoms with van der Waals surface area (Å²) in [7, 11) is 0. The lowest BCUT2D eigenvalue weighted by Gasteiger charge is -2.27. The molecule has 0 aliphatic carbocycles. The van der Waals surface area contributed by atoms with E-state index in [-0.39, 0.29) is 19.2 Å². The second-order valence-corrected chi connectivity index (χ2v) is 5.64. The van der Waals surface area contributed by atoms with Crippen LogP contribution in [0.25, 0.3) is 0 Å². The molecule has 2 unspecified atom stereocenters. The largest absolute Gasteiger partial charge is 0.481 e. The van der Waals surface area contributed by atoms with Crippen molar-refractivity contribution >= 4 is 12.0 Å². The highest BCUT2D eigenvalue weighted by molar-refractivity contribution is 5.79. The van der Waals surface area contributed by atoms with Gasteiger partial charge in [-0.25, -0.2) is 4.79 Å². The molecule has 2 fully saturated rings. The number of rotatable bonds is 5. The molecule has 0 radical (unpaired) electrons. The number of urea groups is 1. The zero-order chi connectivity index (χ0) is 15.3. The first-order valence-electron chi connectivity index (χ1n) is 7.18. The molecular formula is C13H23N3O5. The Morgan fingerprint density at radius 3 is 2.71 bits per heavy atom. The summed E-state index contributed by atoms with van der Waals surface area (Å²) in [5, 5.41) is 14.7. The Morgan fingerprint density at radius 1 is 1.33 bits per heavy atom. The number of carboxylic acid groups (broad SMARTS) is 1. The molecule has 0 aromatic rings. The van der Waals surface area contributed by atoms with E-state index >= 15 is 0 Å². The maximum Gasteiger partial charge on any atom is 0.315 e. The Bertz CT molecular complexity index is 386. The number of carbonyl (C=O) groups excluding carboxylic acids is 1. The Labute approximate surface area is 123 Å². The van der Waals surface area contributed by atoms with Crippen molar-refractivity contribution in [3.63, 3.8) is 0 Å². The first-order valence-corrected chi connectivity index (χ1v) is 7.18. The fraction of sp³-hybridized carbons (Fsp3) is 0.846. The minimum absolute atomic E-state index is 0.112. The van der Waals surface area contributed by atoms with E-state index in [1.807, 2.05) is 0 Å². The van der Waals surface area contributed by atoms with Gasteiger partial charge in [-0.05, 0) is 6.92 Å². The van der Waals surface area contributed by atoms with E-state index in [1.165, 1.54) is 0 Å². The second kappa shape index (κ2) is 7.06. The number of nitrogens with one attached hydrogen (secondary N) is 2. The van der Waals surface area contributed by atoms with E-state index in [4.69, 9.17) is 9.47 Å². The summed E-state index contributed by atoms with van der Waals surface area (Å²) in [4.78, 5) is 25.3. The lowest BCUT2D eigenvalue weighted by atomic mass is 9.85. The summed E-state index contributed by atoms with van der Waals surface area (Å²) in [5.41, 5.74) is -1.07. The third-order valence-electron chi connectivity index (χ3n) is 4.07. The second-order valence-electron chi connectivity index (χ2n) is 5.64. The van der Waals surface area contributed by atoms with Crippen LogP contribution in [0.4, 0.5) is 4.79 Å². The molecule has 8 heteroatoms. The van der Waals surface area contributed by atoms with Crippen molar-refractivity contribution < 1.29 is 24.2 Å². The number of amides is 2. The normalized spacial score (nSPS) is 30.0. The van der Waals surface area contributed by atoms with E-state index in [2.05, 4.69) is 15.5 Å². The van der Waals surface area contributed by atoms with E-state index in [9.17, 15) is 14.7 Å². The van der Waals surface area contributed by atoms with Gasteiger partial charge in [-0.15, -0.1) is 0 Å². The summed E-state index contributed by atoms with van der Waals surface area (Å²) >= 11 is 0. The number of hydrogen-bond acceptors (Lipinski definition) is 5. The molecule has 0 bridgehead atoms. The minimum Gasteiger partial charge on any atom is -0.481 e. The number of aliphatic carboxylic acids is 1. The number of nitrogens with zero attached hydrogens (tertiary/aromatic N) is 1. The van der Waals surface area contributed by atoms with Crippen molar-refractivity contribution in [1.82, 2.24) is 15.5 Å². The standard InChI is InChI=1S/C13H23N3O5/c1-13(11(17)18)9-21-8-10(13)15-12(19)14-2-3-16-4-6-20-7-5-16/h10H,2-9H2,1H3,(H,17,18)(H2,14,15,19). The molecule has 0 aromatic carbocycles. The third kappa shape index (κ3) is 4.05. The molecule has 8 nitrogen and oxygen atoms in total. The molecule has 120 valence electrons. The third-order valence-corrected chi connectivity index (χ3v) is 4.07. The highest BCUT2D eigenvalue weighted by Gasteiger charge is 2.47. The highest BCUT2D eigenvalue weighted by Crippen LogP contribution is 2.28. The van der Waals surface area contributed by atoms with Crippen molar-refractivity contribution in [2.75, 3.05) is 52.6 Å². The van der Waals surface area contributed by atoms with Crippen LogP contribution < -0.4 is 10.6 Å². The van der Waals surface area contributed by atoms with Gasteiger partial charge in [0, 0.05) is 26.2 Å². The van der Waals surface area contributed by atoms with Crippen molar-refractivity contribution in [3.8, 4) is 0 Å². The predicted molar refractivity (Wildman–Crippen MR) is 74.1 cm³/mol. The zero-order valence-corrected chi connectivity index (χ0v) is 12.3. The quantitative estimate of drug-likeness (QED) is 0.609. The number of morpholine rings is 1. The molecule has 0 aromatic heterocycles. The first-order chi connectivity index (χ1) is 10.0. The van der Waals surface area contributed by atoms with E-state index in [0.29, 0.717) is 6.54 Å². The fourth-order valence-corrected chi connectivity index (χ4v) is 2.45. The summed E-state index contributed by atoms with van der Waals surface area (Å²) in [6.45, 7) is 6.39. The average Bonchev–Trinajstić information content (AvgIpc) is 2.83. The molecule has 0 saturated carbocycles. The van der Waals surface area contributed by atoms with Crippen LogP contribution in [0.2, 0.25) is 0 Å². The van der Waals surface area contributed by atoms with Crippen LogP contribution >= 0.6 is 0 Å². The number of carboxylic acids is 1. The zero-order valence-electron chi connectivity index (χ0n) is 12.3. The van der Waals surface area contributed by atoms with E-state index in [0.717, 1.165) is 32.8 Å². The Morgan fingerprint density at radius 2 is 2.05 bits per heavy atom. The van der Waals surface area contributed by atoms with Crippen molar-refractivity contribution in [2.45, 2.75) is 13.0 Å². The molecule has 2 aliphatic rings. The van der Waals surface area contributed by atoms with Gasteiger partial charge >= 0.3 is 12.0 Å². The summed E-state index contributed by atoms with van der Waals surface area (Å²) in [6, 6.07) is -0.871.